The third-order valence-electron chi connectivity index (χ3n) is 4.85. The van der Waals surface area contributed by atoms with Crippen LogP contribution in [0.15, 0.2) is 78.9 Å². The molecule has 7 heteroatoms. The Balaban J connectivity index is 1.51. The molecule has 0 aliphatic heterocycles. The summed E-state index contributed by atoms with van der Waals surface area (Å²) in [6.07, 6.45) is 0. The van der Waals surface area contributed by atoms with Gasteiger partial charge in [-0.2, -0.15) is 0 Å². The molecule has 3 aromatic carbocycles. The molecule has 0 saturated carbocycles. The molecule has 2 N–H and O–H groups in total. The van der Waals surface area contributed by atoms with Crippen LogP contribution in [0, 0.1) is 0 Å². The zero-order valence-corrected chi connectivity index (χ0v) is 17.0. The van der Waals surface area contributed by atoms with Crippen molar-refractivity contribution >= 4 is 28.5 Å². The molecule has 0 fully saturated rings. The molecule has 1 heterocycles. The lowest BCUT2D eigenvalue weighted by atomic mass is 10.2. The maximum atomic E-state index is 12.7. The first kappa shape index (κ1) is 20.2. The number of nitrogens with zero attached hydrogens (tertiary/aromatic N) is 2. The van der Waals surface area contributed by atoms with E-state index in [0.717, 1.165) is 16.8 Å². The zero-order chi connectivity index (χ0) is 21.6. The predicted molar refractivity (Wildman–Crippen MR) is 119 cm³/mol. The molecule has 0 saturated heterocycles. The number of hydrogen-bond acceptors (Lipinski definition) is 4. The number of rotatable bonds is 7. The molecule has 7 nitrogen and oxygen atoms in total. The van der Waals surface area contributed by atoms with Crippen molar-refractivity contribution in [3.05, 3.63) is 90.3 Å². The highest BCUT2D eigenvalue weighted by atomic mass is 16.5. The minimum absolute atomic E-state index is 0.0725. The molecule has 0 aliphatic rings. The number of amides is 2. The molecule has 31 heavy (non-hydrogen) atoms. The highest BCUT2D eigenvalue weighted by Gasteiger charge is 2.15. The SMILES string of the molecule is COc1ccc(NC(=O)Cn2c(CNC(=O)c3ccccc3)nc3ccccc32)cc1. The van der Waals surface area contributed by atoms with Crippen LogP contribution in [0.25, 0.3) is 11.0 Å². The third-order valence-corrected chi connectivity index (χ3v) is 4.85. The molecule has 0 aliphatic carbocycles. The van der Waals surface area contributed by atoms with E-state index in [9.17, 15) is 9.59 Å². The minimum atomic E-state index is -0.193. The van der Waals surface area contributed by atoms with E-state index in [4.69, 9.17) is 4.74 Å². The molecule has 0 bridgehead atoms. The van der Waals surface area contributed by atoms with Crippen LogP contribution in [-0.2, 0) is 17.9 Å². The van der Waals surface area contributed by atoms with Crippen molar-refractivity contribution in [1.29, 1.82) is 0 Å². The number of methoxy groups -OCH3 is 1. The fourth-order valence-electron chi connectivity index (χ4n) is 3.31. The van der Waals surface area contributed by atoms with Gasteiger partial charge in [-0.05, 0) is 48.5 Å². The molecule has 4 rings (SSSR count). The highest BCUT2D eigenvalue weighted by Crippen LogP contribution is 2.18. The molecular weight excluding hydrogens is 392 g/mol. The van der Waals surface area contributed by atoms with Gasteiger partial charge in [-0.3, -0.25) is 9.59 Å². The van der Waals surface area contributed by atoms with Crippen LogP contribution in [0.3, 0.4) is 0 Å². The molecule has 156 valence electrons. The topological polar surface area (TPSA) is 85.2 Å². The van der Waals surface area contributed by atoms with E-state index in [1.807, 2.05) is 47.0 Å². The first-order valence-corrected chi connectivity index (χ1v) is 9.85. The lowest BCUT2D eigenvalue weighted by Crippen LogP contribution is -2.26. The molecule has 0 radical (unpaired) electrons. The van der Waals surface area contributed by atoms with Crippen molar-refractivity contribution in [3.63, 3.8) is 0 Å². The van der Waals surface area contributed by atoms with Crippen LogP contribution in [0.2, 0.25) is 0 Å². The summed E-state index contributed by atoms with van der Waals surface area (Å²) in [5.41, 5.74) is 2.84. The number of anilines is 1. The van der Waals surface area contributed by atoms with Crippen LogP contribution < -0.4 is 15.4 Å². The maximum Gasteiger partial charge on any atom is 0.251 e. The van der Waals surface area contributed by atoms with Crippen LogP contribution in [0.5, 0.6) is 5.75 Å². The summed E-state index contributed by atoms with van der Waals surface area (Å²) in [6, 6.07) is 23.7. The number of para-hydroxylation sites is 2. The highest BCUT2D eigenvalue weighted by molar-refractivity contribution is 5.94. The number of imidazole rings is 1. The minimum Gasteiger partial charge on any atom is -0.497 e. The molecular formula is C24H22N4O3. The molecule has 0 unspecified atom stereocenters. The summed E-state index contributed by atoms with van der Waals surface area (Å²) in [7, 11) is 1.59. The Kier molecular flexibility index (Phi) is 5.93. The van der Waals surface area contributed by atoms with Crippen molar-refractivity contribution in [2.75, 3.05) is 12.4 Å². The first-order valence-electron chi connectivity index (χ1n) is 9.85. The first-order chi connectivity index (χ1) is 15.1. The van der Waals surface area contributed by atoms with Crippen molar-refractivity contribution < 1.29 is 14.3 Å². The van der Waals surface area contributed by atoms with Gasteiger partial charge in [0.25, 0.3) is 5.91 Å². The van der Waals surface area contributed by atoms with E-state index >= 15 is 0 Å². The van der Waals surface area contributed by atoms with E-state index in [0.29, 0.717) is 17.1 Å². The summed E-state index contributed by atoms with van der Waals surface area (Å²) in [6.45, 7) is 0.279. The van der Waals surface area contributed by atoms with Gasteiger partial charge in [-0.25, -0.2) is 4.98 Å². The second-order valence-corrected chi connectivity index (χ2v) is 6.93. The molecule has 0 atom stereocenters. The second kappa shape index (κ2) is 9.13. The maximum absolute atomic E-state index is 12.7. The summed E-state index contributed by atoms with van der Waals surface area (Å²) >= 11 is 0. The van der Waals surface area contributed by atoms with Crippen LogP contribution >= 0.6 is 0 Å². The number of nitrogens with one attached hydrogen (secondary N) is 2. The van der Waals surface area contributed by atoms with E-state index in [1.165, 1.54) is 0 Å². The number of hydrogen-bond donors (Lipinski definition) is 2. The monoisotopic (exact) mass is 414 g/mol. The van der Waals surface area contributed by atoms with Crippen molar-refractivity contribution in [2.24, 2.45) is 0 Å². The number of carbonyl (C=O) groups excluding carboxylic acids is 2. The quantitative estimate of drug-likeness (QED) is 0.484. The van der Waals surface area contributed by atoms with Gasteiger partial charge in [0.15, 0.2) is 0 Å². The molecule has 1 aromatic heterocycles. The summed E-state index contributed by atoms with van der Waals surface area (Å²) in [5, 5.41) is 5.77. The summed E-state index contributed by atoms with van der Waals surface area (Å²) in [5.74, 6) is 0.941. The molecule has 2 amide bonds. The summed E-state index contributed by atoms with van der Waals surface area (Å²) in [4.78, 5) is 29.7. The number of carbonyl (C=O) groups is 2. The molecule has 0 spiro atoms. The smallest absolute Gasteiger partial charge is 0.251 e. The van der Waals surface area contributed by atoms with Crippen molar-refractivity contribution in [3.8, 4) is 5.75 Å². The zero-order valence-electron chi connectivity index (χ0n) is 17.0. The number of fused-ring (bicyclic) bond motifs is 1. The Labute approximate surface area is 179 Å². The van der Waals surface area contributed by atoms with Gasteiger partial charge in [0.2, 0.25) is 5.91 Å². The van der Waals surface area contributed by atoms with E-state index in [1.54, 1.807) is 43.5 Å². The van der Waals surface area contributed by atoms with Crippen LogP contribution in [0.1, 0.15) is 16.2 Å². The average Bonchev–Trinajstić information content (AvgIpc) is 3.15. The Morgan fingerprint density at radius 2 is 1.65 bits per heavy atom. The lowest BCUT2D eigenvalue weighted by molar-refractivity contribution is -0.116. The average molecular weight is 414 g/mol. The van der Waals surface area contributed by atoms with Gasteiger partial charge in [-0.1, -0.05) is 30.3 Å². The number of ether oxygens (including phenoxy) is 1. The van der Waals surface area contributed by atoms with Gasteiger partial charge in [-0.15, -0.1) is 0 Å². The lowest BCUT2D eigenvalue weighted by Gasteiger charge is -2.11. The third kappa shape index (κ3) is 4.72. The van der Waals surface area contributed by atoms with Gasteiger partial charge < -0.3 is 19.9 Å². The van der Waals surface area contributed by atoms with Gasteiger partial charge in [0, 0.05) is 11.3 Å². The number of aromatic nitrogens is 2. The fraction of sp³-hybridized carbons (Fsp3) is 0.125. The normalized spacial score (nSPS) is 10.6. The Bertz CT molecular complexity index is 1200. The van der Waals surface area contributed by atoms with Crippen LogP contribution in [-0.4, -0.2) is 28.5 Å². The fourth-order valence-corrected chi connectivity index (χ4v) is 3.31. The predicted octanol–water partition coefficient (Wildman–Crippen LogP) is 3.61. The second-order valence-electron chi connectivity index (χ2n) is 6.93. The van der Waals surface area contributed by atoms with Crippen molar-refractivity contribution in [1.82, 2.24) is 14.9 Å². The Morgan fingerprint density at radius 3 is 2.39 bits per heavy atom. The Morgan fingerprint density at radius 1 is 0.935 bits per heavy atom. The van der Waals surface area contributed by atoms with Gasteiger partial charge >= 0.3 is 0 Å². The van der Waals surface area contributed by atoms with Gasteiger partial charge in [0.05, 0.1) is 24.7 Å². The van der Waals surface area contributed by atoms with E-state index in [-0.39, 0.29) is 24.9 Å². The molecule has 4 aromatic rings. The standard InChI is InChI=1S/C24H22N4O3/c1-31-19-13-11-18(12-14-19)26-23(29)16-28-21-10-6-5-9-20(21)27-22(28)15-25-24(30)17-7-3-2-4-8-17/h2-14H,15-16H2,1H3,(H,25,30)(H,26,29). The van der Waals surface area contributed by atoms with E-state index in [2.05, 4.69) is 15.6 Å². The van der Waals surface area contributed by atoms with Crippen LogP contribution in [0.4, 0.5) is 5.69 Å². The Hall–Kier alpha value is -4.13. The van der Waals surface area contributed by atoms with E-state index < -0.39 is 0 Å². The van der Waals surface area contributed by atoms with Gasteiger partial charge in [0.1, 0.15) is 18.1 Å². The largest absolute Gasteiger partial charge is 0.497 e. The summed E-state index contributed by atoms with van der Waals surface area (Å²) < 4.78 is 6.96. The number of benzene rings is 3. The van der Waals surface area contributed by atoms with Crippen molar-refractivity contribution in [2.45, 2.75) is 13.1 Å².